The van der Waals surface area contributed by atoms with Crippen LogP contribution < -0.4 is 10.6 Å². The van der Waals surface area contributed by atoms with Gasteiger partial charge in [0.25, 0.3) is 0 Å². The maximum atomic E-state index is 13.6. The topological polar surface area (TPSA) is 87.7 Å². The second-order valence-electron chi connectivity index (χ2n) is 15.4. The molecule has 328 valence electrons. The number of ketones is 1. The molecule has 1 heterocycles. The number of allylic oxidation sites excluding steroid dienone is 2. The van der Waals surface area contributed by atoms with Gasteiger partial charge in [0.05, 0.1) is 12.1 Å². The molecule has 1 saturated carbocycles. The van der Waals surface area contributed by atoms with Crippen LogP contribution in [0.4, 0.5) is 0 Å². The molecule has 7 nitrogen and oxygen atoms in total. The van der Waals surface area contributed by atoms with E-state index < -0.39 is 6.04 Å². The van der Waals surface area contributed by atoms with Crippen LogP contribution in [0.25, 0.3) is 0 Å². The molecular formula is C50H89N3O4. The van der Waals surface area contributed by atoms with Crippen molar-refractivity contribution in [2.75, 3.05) is 6.54 Å². The second kappa shape index (κ2) is 37.7. The van der Waals surface area contributed by atoms with Crippen molar-refractivity contribution in [3.05, 3.63) is 99.1 Å². The Hall–Kier alpha value is -3.87. The number of benzene rings is 1. The van der Waals surface area contributed by atoms with Crippen LogP contribution in [0.1, 0.15) is 152 Å². The number of carbonyl (C=O) groups excluding carboxylic acids is 3. The van der Waals surface area contributed by atoms with Crippen LogP contribution in [-0.2, 0) is 19.1 Å². The number of nitrogens with zero attached hydrogens (tertiary/aromatic N) is 1. The Bertz CT molecular complexity index is 1190. The first-order chi connectivity index (χ1) is 27.0. The van der Waals surface area contributed by atoms with Crippen molar-refractivity contribution < 1.29 is 19.1 Å². The Morgan fingerprint density at radius 3 is 1.79 bits per heavy atom. The standard InChI is InChI=1S/C30H53N3O3.C7H8.C4H8.C3H8.C3H6.C2H4.CH2O/c1-10-15-26(34)21(5)31-29(35)28-25(20(3)4)18-19-33(28)22(6)27(24-16-13-12-14-17-24)32-23(7)36-30(8,9)11-2;1-7-5-3-2-4-6-7;1-3-4-2;2*1-3-2;2*1-2/h20-21,24-25,27-28,32H,6-7,10-19H2,1-5,8-9H3,(H,31,35);2-6H,1H3;3H,1,4H2,2H3;3H2,1-2H3;3H,1H2,2H3;1-2H2;1H2. The van der Waals surface area contributed by atoms with Gasteiger partial charge in [-0.3, -0.25) is 9.59 Å². The Balaban J connectivity index is -0.000000548. The highest BCUT2D eigenvalue weighted by atomic mass is 16.5. The van der Waals surface area contributed by atoms with Crippen LogP contribution in [0.15, 0.2) is 93.5 Å². The third-order valence-corrected chi connectivity index (χ3v) is 9.55. The number of nitrogens with one attached hydrogen (secondary N) is 2. The summed E-state index contributed by atoms with van der Waals surface area (Å²) >= 11 is 0. The van der Waals surface area contributed by atoms with Crippen molar-refractivity contribution in [1.82, 2.24) is 15.5 Å². The van der Waals surface area contributed by atoms with Gasteiger partial charge < -0.3 is 25.1 Å². The summed E-state index contributed by atoms with van der Waals surface area (Å²) in [6.45, 7) is 49.1. The third-order valence-electron chi connectivity index (χ3n) is 9.55. The number of hydrogen-bond acceptors (Lipinski definition) is 6. The summed E-state index contributed by atoms with van der Waals surface area (Å²) in [6, 6.07) is 9.42. The van der Waals surface area contributed by atoms with Crippen LogP contribution >= 0.6 is 0 Å². The lowest BCUT2D eigenvalue weighted by Gasteiger charge is -2.40. The van der Waals surface area contributed by atoms with E-state index in [1.807, 2.05) is 44.9 Å². The van der Waals surface area contributed by atoms with Gasteiger partial charge in [-0.1, -0.05) is 129 Å². The number of ether oxygens (including phenoxy) is 1. The van der Waals surface area contributed by atoms with E-state index in [9.17, 15) is 9.59 Å². The van der Waals surface area contributed by atoms with Gasteiger partial charge in [0.2, 0.25) is 5.91 Å². The lowest BCUT2D eigenvalue weighted by molar-refractivity contribution is -0.131. The highest BCUT2D eigenvalue weighted by molar-refractivity contribution is 5.91. The summed E-state index contributed by atoms with van der Waals surface area (Å²) in [4.78, 5) is 36.3. The fourth-order valence-electron chi connectivity index (χ4n) is 6.28. The maximum Gasteiger partial charge on any atom is 0.243 e. The fourth-order valence-corrected chi connectivity index (χ4v) is 6.28. The molecule has 1 aliphatic carbocycles. The van der Waals surface area contributed by atoms with Gasteiger partial charge in [0.15, 0.2) is 11.7 Å². The number of amides is 1. The summed E-state index contributed by atoms with van der Waals surface area (Å²) in [5.41, 5.74) is 1.96. The molecule has 1 amide bonds. The number of rotatable bonds is 15. The van der Waals surface area contributed by atoms with Gasteiger partial charge >= 0.3 is 0 Å². The average molecular weight is 796 g/mol. The Kier molecular flexibility index (Phi) is 39.6. The molecule has 2 N–H and O–H groups in total. The number of aryl methyl sites for hydroxylation is 1. The second-order valence-corrected chi connectivity index (χ2v) is 15.4. The molecule has 0 bridgehead atoms. The molecule has 3 rings (SSSR count). The summed E-state index contributed by atoms with van der Waals surface area (Å²) in [5, 5.41) is 6.63. The van der Waals surface area contributed by atoms with E-state index in [4.69, 9.17) is 9.53 Å². The molecule has 1 saturated heterocycles. The van der Waals surface area contributed by atoms with Crippen molar-refractivity contribution in [2.45, 2.75) is 177 Å². The SMILES string of the molecule is C=C.C=C(NC(C(=C)N1CCC(C(C)C)C1C(=O)NC(C)C(=O)CCC)C1CCCCC1)OC(C)(C)CC.C=CC.C=CCC.C=O.CCC.Cc1ccccc1. The minimum atomic E-state index is -0.474. The minimum Gasteiger partial charge on any atom is -0.474 e. The molecule has 1 aliphatic heterocycles. The quantitative estimate of drug-likeness (QED) is 0.136. The van der Waals surface area contributed by atoms with E-state index >= 15 is 0 Å². The summed E-state index contributed by atoms with van der Waals surface area (Å²) in [6.07, 6.45) is 15.0. The molecule has 1 aromatic rings. The van der Waals surface area contributed by atoms with Crippen molar-refractivity contribution >= 4 is 18.5 Å². The summed E-state index contributed by atoms with van der Waals surface area (Å²) < 4.78 is 6.17. The molecule has 57 heavy (non-hydrogen) atoms. The molecule has 2 aliphatic rings. The predicted molar refractivity (Wildman–Crippen MR) is 250 cm³/mol. The van der Waals surface area contributed by atoms with E-state index in [1.54, 1.807) is 13.0 Å². The zero-order valence-corrected chi connectivity index (χ0v) is 39.0. The first kappa shape index (κ1) is 59.8. The molecule has 1 aromatic carbocycles. The van der Waals surface area contributed by atoms with Crippen LogP contribution in [0.3, 0.4) is 0 Å². The number of hydrogen-bond donors (Lipinski definition) is 2. The molecule has 7 heteroatoms. The van der Waals surface area contributed by atoms with Crippen LogP contribution in [-0.4, -0.2) is 53.7 Å². The van der Waals surface area contributed by atoms with Gasteiger partial charge in [0, 0.05) is 18.7 Å². The van der Waals surface area contributed by atoms with E-state index in [0.29, 0.717) is 24.1 Å². The van der Waals surface area contributed by atoms with Crippen molar-refractivity contribution in [1.29, 1.82) is 0 Å². The first-order valence-electron chi connectivity index (χ1n) is 21.5. The lowest BCUT2D eigenvalue weighted by Crippen LogP contribution is -2.53. The molecule has 0 spiro atoms. The molecule has 4 unspecified atom stereocenters. The molecule has 0 radical (unpaired) electrons. The highest BCUT2D eigenvalue weighted by Gasteiger charge is 2.44. The minimum absolute atomic E-state index is 0.0363. The van der Waals surface area contributed by atoms with Crippen molar-refractivity contribution in [3.8, 4) is 0 Å². The normalized spacial score (nSPS) is 16.5. The Morgan fingerprint density at radius 1 is 0.912 bits per heavy atom. The van der Waals surface area contributed by atoms with Crippen molar-refractivity contribution in [2.24, 2.45) is 17.8 Å². The maximum absolute atomic E-state index is 13.6. The number of carbonyl (C=O) groups is 3. The van der Waals surface area contributed by atoms with E-state index in [2.05, 4.69) is 129 Å². The van der Waals surface area contributed by atoms with Crippen LogP contribution in [0, 0.1) is 24.7 Å². The predicted octanol–water partition coefficient (Wildman–Crippen LogP) is 12.7. The smallest absolute Gasteiger partial charge is 0.243 e. The third kappa shape index (κ3) is 27.4. The largest absolute Gasteiger partial charge is 0.474 e. The monoisotopic (exact) mass is 796 g/mol. The Labute approximate surface area is 353 Å². The Morgan fingerprint density at radius 2 is 1.40 bits per heavy atom. The molecular weight excluding hydrogens is 707 g/mol. The first-order valence-corrected chi connectivity index (χ1v) is 21.5. The van der Waals surface area contributed by atoms with Crippen LogP contribution in [0.5, 0.6) is 0 Å². The molecule has 4 atom stereocenters. The number of Topliss-reactive ketones (excluding diaryl/α,β-unsaturated/α-hetero) is 1. The fraction of sp³-hybridized carbons (Fsp3) is 0.620. The van der Waals surface area contributed by atoms with Gasteiger partial charge in [0.1, 0.15) is 18.4 Å². The van der Waals surface area contributed by atoms with Crippen LogP contribution in [0.2, 0.25) is 0 Å². The van der Waals surface area contributed by atoms with E-state index in [0.717, 1.165) is 50.8 Å². The van der Waals surface area contributed by atoms with Gasteiger partial charge in [-0.15, -0.1) is 26.3 Å². The van der Waals surface area contributed by atoms with Gasteiger partial charge in [-0.05, 0) is 97.5 Å². The van der Waals surface area contributed by atoms with Gasteiger partial charge in [-0.2, -0.15) is 0 Å². The number of likely N-dealkylation sites (tertiary alicyclic amines) is 1. The lowest BCUT2D eigenvalue weighted by atomic mass is 9.82. The highest BCUT2D eigenvalue weighted by Crippen LogP contribution is 2.37. The van der Waals surface area contributed by atoms with E-state index in [-0.39, 0.29) is 35.3 Å². The summed E-state index contributed by atoms with van der Waals surface area (Å²) in [5.74, 6) is 1.57. The zero-order valence-electron chi connectivity index (χ0n) is 39.0. The molecule has 2 fully saturated rings. The average Bonchev–Trinajstić information content (AvgIpc) is 3.66. The van der Waals surface area contributed by atoms with Crippen molar-refractivity contribution in [3.63, 3.8) is 0 Å². The zero-order chi connectivity index (χ0) is 45.0. The molecule has 0 aromatic heterocycles. The summed E-state index contributed by atoms with van der Waals surface area (Å²) in [7, 11) is 0. The van der Waals surface area contributed by atoms with Gasteiger partial charge in [-0.25, -0.2) is 0 Å². The van der Waals surface area contributed by atoms with E-state index in [1.165, 1.54) is 31.2 Å².